The van der Waals surface area contributed by atoms with E-state index < -0.39 is 0 Å². The fourth-order valence-corrected chi connectivity index (χ4v) is 0.996. The Hall–Kier alpha value is -1.06. The molecule has 0 saturated heterocycles. The topological polar surface area (TPSA) is 75.1 Å². The predicted molar refractivity (Wildman–Crippen MR) is 53.9 cm³/mol. The van der Waals surface area contributed by atoms with Gasteiger partial charge in [0.2, 0.25) is 0 Å². The molecular weight excluding hydrogens is 182 g/mol. The Morgan fingerprint density at radius 1 is 1.50 bits per heavy atom. The first-order valence-electron chi connectivity index (χ1n) is 4.77. The van der Waals surface area contributed by atoms with Gasteiger partial charge in [-0.2, -0.15) is 0 Å². The molecule has 0 amide bonds. The van der Waals surface area contributed by atoms with Crippen LogP contribution >= 0.6 is 0 Å². The number of ether oxygens (including phenoxy) is 1. The van der Waals surface area contributed by atoms with Gasteiger partial charge < -0.3 is 4.74 Å². The summed E-state index contributed by atoms with van der Waals surface area (Å²) < 4.78 is 5.10. The molecule has 0 N–H and O–H groups in total. The number of ketones is 1. The van der Waals surface area contributed by atoms with Gasteiger partial charge in [-0.05, 0) is 11.4 Å². The second kappa shape index (κ2) is 8.53. The van der Waals surface area contributed by atoms with Crippen molar-refractivity contribution < 1.29 is 9.53 Å². The molecule has 0 unspecified atom stereocenters. The van der Waals surface area contributed by atoms with Crippen LogP contribution < -0.4 is 0 Å². The van der Waals surface area contributed by atoms with E-state index in [1.165, 1.54) is 0 Å². The minimum atomic E-state index is 0.226. The lowest BCUT2D eigenvalue weighted by atomic mass is 10.1. The molecule has 0 aromatic heterocycles. The van der Waals surface area contributed by atoms with Crippen LogP contribution in [-0.2, 0) is 9.53 Å². The summed E-state index contributed by atoms with van der Waals surface area (Å²) in [7, 11) is 0. The second-order valence-corrected chi connectivity index (χ2v) is 3.45. The molecule has 0 spiro atoms. The Kier molecular flexibility index (Phi) is 7.89. The van der Waals surface area contributed by atoms with Gasteiger partial charge in [-0.25, -0.2) is 0 Å². The van der Waals surface area contributed by atoms with Crippen LogP contribution in [0.15, 0.2) is 5.11 Å². The van der Waals surface area contributed by atoms with Gasteiger partial charge >= 0.3 is 0 Å². The number of carbonyl (C=O) groups is 1. The number of hydrogen-bond acceptors (Lipinski definition) is 3. The molecule has 0 aromatic rings. The molecule has 14 heavy (non-hydrogen) atoms. The standard InChI is InChI=1S/C9H17N3O2/c1-8(2)7-9(13)3-5-14-6-4-11-12-10/h8H,3-7H2,1-2H3. The minimum Gasteiger partial charge on any atom is -0.381 e. The van der Waals surface area contributed by atoms with E-state index in [1.807, 2.05) is 13.8 Å². The predicted octanol–water partition coefficient (Wildman–Crippen LogP) is 2.32. The zero-order valence-electron chi connectivity index (χ0n) is 8.77. The van der Waals surface area contributed by atoms with Gasteiger partial charge in [-0.15, -0.1) is 0 Å². The molecule has 5 heteroatoms. The van der Waals surface area contributed by atoms with E-state index in [0.717, 1.165) is 0 Å². The molecule has 0 rings (SSSR count). The van der Waals surface area contributed by atoms with Crippen LogP contribution in [0, 0.1) is 5.92 Å². The van der Waals surface area contributed by atoms with Crippen molar-refractivity contribution in [2.45, 2.75) is 26.7 Å². The van der Waals surface area contributed by atoms with E-state index in [-0.39, 0.29) is 5.78 Å². The number of azide groups is 1. The number of hydrogen-bond donors (Lipinski definition) is 0. The van der Waals surface area contributed by atoms with Crippen LogP contribution in [0.3, 0.4) is 0 Å². The maximum absolute atomic E-state index is 11.2. The highest BCUT2D eigenvalue weighted by Gasteiger charge is 2.04. The molecular formula is C9H17N3O2. The lowest BCUT2D eigenvalue weighted by Crippen LogP contribution is -2.08. The van der Waals surface area contributed by atoms with Gasteiger partial charge in [0.15, 0.2) is 0 Å². The van der Waals surface area contributed by atoms with Crippen molar-refractivity contribution in [2.24, 2.45) is 11.0 Å². The lowest BCUT2D eigenvalue weighted by Gasteiger charge is -2.03. The molecule has 5 nitrogen and oxygen atoms in total. The number of carbonyl (C=O) groups excluding carboxylic acids is 1. The average Bonchev–Trinajstić information content (AvgIpc) is 2.10. The third-order valence-corrected chi connectivity index (χ3v) is 1.56. The molecule has 0 fully saturated rings. The SMILES string of the molecule is CC(C)CC(=O)CCOCCN=[N+]=[N-]. The summed E-state index contributed by atoms with van der Waals surface area (Å²) in [5.74, 6) is 0.634. The highest BCUT2D eigenvalue weighted by atomic mass is 16.5. The van der Waals surface area contributed by atoms with Crippen LogP contribution in [0.4, 0.5) is 0 Å². The highest BCUT2D eigenvalue weighted by Crippen LogP contribution is 2.02. The summed E-state index contributed by atoms with van der Waals surface area (Å²) in [4.78, 5) is 13.8. The van der Waals surface area contributed by atoms with Gasteiger partial charge in [0.1, 0.15) is 5.78 Å². The van der Waals surface area contributed by atoms with E-state index in [9.17, 15) is 4.79 Å². The molecule has 0 heterocycles. The zero-order chi connectivity index (χ0) is 10.8. The second-order valence-electron chi connectivity index (χ2n) is 3.45. The summed E-state index contributed by atoms with van der Waals surface area (Å²) in [6.45, 7) is 5.17. The fraction of sp³-hybridized carbons (Fsp3) is 0.889. The molecule has 0 aliphatic rings. The van der Waals surface area contributed by atoms with Gasteiger partial charge in [0.05, 0.1) is 13.2 Å². The quantitative estimate of drug-likeness (QED) is 0.260. The van der Waals surface area contributed by atoms with Crippen LogP contribution in [-0.4, -0.2) is 25.5 Å². The van der Waals surface area contributed by atoms with E-state index >= 15 is 0 Å². The van der Waals surface area contributed by atoms with Crippen molar-refractivity contribution in [2.75, 3.05) is 19.8 Å². The maximum Gasteiger partial charge on any atom is 0.135 e. The molecule has 0 bridgehead atoms. The van der Waals surface area contributed by atoms with Gasteiger partial charge in [0, 0.05) is 24.3 Å². The van der Waals surface area contributed by atoms with Crippen molar-refractivity contribution in [1.29, 1.82) is 0 Å². The summed E-state index contributed by atoms with van der Waals surface area (Å²) in [5, 5.41) is 3.31. The van der Waals surface area contributed by atoms with Crippen molar-refractivity contribution in [1.82, 2.24) is 0 Å². The third kappa shape index (κ3) is 9.03. The maximum atomic E-state index is 11.2. The first-order chi connectivity index (χ1) is 6.66. The Morgan fingerprint density at radius 2 is 2.21 bits per heavy atom. The first kappa shape index (κ1) is 12.9. The summed E-state index contributed by atoms with van der Waals surface area (Å²) in [6.07, 6.45) is 1.06. The van der Waals surface area contributed by atoms with Crippen LogP contribution in [0.5, 0.6) is 0 Å². The smallest absolute Gasteiger partial charge is 0.135 e. The highest BCUT2D eigenvalue weighted by molar-refractivity contribution is 5.78. The lowest BCUT2D eigenvalue weighted by molar-refractivity contribution is -0.120. The molecule has 0 saturated carbocycles. The van der Waals surface area contributed by atoms with E-state index in [0.29, 0.717) is 38.5 Å². The molecule has 0 aliphatic carbocycles. The molecule has 0 radical (unpaired) electrons. The number of rotatable bonds is 8. The monoisotopic (exact) mass is 199 g/mol. The molecule has 0 aliphatic heterocycles. The Morgan fingerprint density at radius 3 is 2.79 bits per heavy atom. The zero-order valence-corrected chi connectivity index (χ0v) is 8.77. The molecule has 0 atom stereocenters. The van der Waals surface area contributed by atoms with E-state index in [4.69, 9.17) is 10.3 Å². The number of nitrogens with zero attached hydrogens (tertiary/aromatic N) is 3. The van der Waals surface area contributed by atoms with E-state index in [1.54, 1.807) is 0 Å². The largest absolute Gasteiger partial charge is 0.381 e. The summed E-state index contributed by atoms with van der Waals surface area (Å²) in [6, 6.07) is 0. The Bertz CT molecular complexity index is 210. The van der Waals surface area contributed by atoms with Crippen molar-refractivity contribution in [3.8, 4) is 0 Å². The first-order valence-corrected chi connectivity index (χ1v) is 4.77. The van der Waals surface area contributed by atoms with Crippen LogP contribution in [0.2, 0.25) is 0 Å². The Labute approximate surface area is 84.1 Å². The summed E-state index contributed by atoms with van der Waals surface area (Å²) >= 11 is 0. The number of Topliss-reactive ketones (excluding diaryl/α,β-unsaturated/α-hetero) is 1. The summed E-state index contributed by atoms with van der Waals surface area (Å²) in [5.41, 5.74) is 7.96. The van der Waals surface area contributed by atoms with Crippen LogP contribution in [0.25, 0.3) is 10.4 Å². The third-order valence-electron chi connectivity index (χ3n) is 1.56. The van der Waals surface area contributed by atoms with Gasteiger partial charge in [-0.3, -0.25) is 4.79 Å². The van der Waals surface area contributed by atoms with Gasteiger partial charge in [0.25, 0.3) is 0 Å². The molecule has 0 aromatic carbocycles. The molecule has 80 valence electrons. The Balaban J connectivity index is 3.27. The van der Waals surface area contributed by atoms with Crippen molar-refractivity contribution >= 4 is 5.78 Å². The fourth-order valence-electron chi connectivity index (χ4n) is 0.996. The van der Waals surface area contributed by atoms with Crippen LogP contribution in [0.1, 0.15) is 26.7 Å². The minimum absolute atomic E-state index is 0.226. The van der Waals surface area contributed by atoms with Gasteiger partial charge in [-0.1, -0.05) is 19.0 Å². The average molecular weight is 199 g/mol. The normalized spacial score (nSPS) is 9.93. The van der Waals surface area contributed by atoms with Crippen molar-refractivity contribution in [3.05, 3.63) is 10.4 Å². The van der Waals surface area contributed by atoms with E-state index in [2.05, 4.69) is 10.0 Å². The van der Waals surface area contributed by atoms with Crippen molar-refractivity contribution in [3.63, 3.8) is 0 Å².